The predicted molar refractivity (Wildman–Crippen MR) is 90.2 cm³/mol. The third-order valence-electron chi connectivity index (χ3n) is 3.14. The molecule has 10 nitrogen and oxygen atoms in total. The zero-order valence-electron chi connectivity index (χ0n) is 12.1. The molecule has 0 aliphatic heterocycles. The number of non-ortho nitro benzene ring substituents is 2. The monoisotopic (exact) mass is 380 g/mol. The quantitative estimate of drug-likeness (QED) is 0.529. The van der Waals surface area contributed by atoms with Gasteiger partial charge in [0.1, 0.15) is 0 Å². The number of benzene rings is 2. The Morgan fingerprint density at radius 1 is 1.00 bits per heavy atom. The third-order valence-corrected chi connectivity index (χ3v) is 5.54. The summed E-state index contributed by atoms with van der Waals surface area (Å²) in [5.41, 5.74) is -0.0978. The first-order valence-electron chi connectivity index (χ1n) is 6.58. The molecule has 2 aromatic carbocycles. The van der Waals surface area contributed by atoms with Crippen molar-refractivity contribution in [3.63, 3.8) is 0 Å². The summed E-state index contributed by atoms with van der Waals surface area (Å²) >= 11 is 0.921. The second-order valence-electron chi connectivity index (χ2n) is 4.79. The molecule has 0 aliphatic rings. The van der Waals surface area contributed by atoms with Crippen LogP contribution in [0.1, 0.15) is 0 Å². The highest BCUT2D eigenvalue weighted by molar-refractivity contribution is 7.93. The fourth-order valence-electron chi connectivity index (χ4n) is 2.01. The summed E-state index contributed by atoms with van der Waals surface area (Å²) in [6.07, 6.45) is 0. The van der Waals surface area contributed by atoms with Crippen molar-refractivity contribution in [3.8, 4) is 0 Å². The van der Waals surface area contributed by atoms with Gasteiger partial charge in [0.05, 0.1) is 25.0 Å². The van der Waals surface area contributed by atoms with Crippen molar-refractivity contribution in [1.82, 2.24) is 4.98 Å². The van der Waals surface area contributed by atoms with Crippen molar-refractivity contribution in [2.24, 2.45) is 0 Å². The van der Waals surface area contributed by atoms with E-state index in [2.05, 4.69) is 9.71 Å². The summed E-state index contributed by atoms with van der Waals surface area (Å²) < 4.78 is 27.4. The van der Waals surface area contributed by atoms with Gasteiger partial charge in [-0.3, -0.25) is 25.0 Å². The summed E-state index contributed by atoms with van der Waals surface area (Å²) in [6, 6.07) is 8.55. The number of hydrogen-bond acceptors (Lipinski definition) is 8. The molecule has 3 rings (SSSR count). The van der Waals surface area contributed by atoms with E-state index < -0.39 is 19.9 Å². The molecule has 12 heteroatoms. The normalized spacial score (nSPS) is 11.4. The Balaban J connectivity index is 1.95. The highest BCUT2D eigenvalue weighted by Crippen LogP contribution is 2.30. The van der Waals surface area contributed by atoms with Gasteiger partial charge in [0, 0.05) is 24.3 Å². The number of fused-ring (bicyclic) bond motifs is 1. The van der Waals surface area contributed by atoms with E-state index in [0.717, 1.165) is 17.4 Å². The number of nitrogens with zero attached hydrogens (tertiary/aromatic N) is 3. The largest absolute Gasteiger partial charge is 0.270 e. The lowest BCUT2D eigenvalue weighted by molar-refractivity contribution is -0.385. The molecule has 0 saturated heterocycles. The van der Waals surface area contributed by atoms with Gasteiger partial charge in [0.2, 0.25) is 0 Å². The van der Waals surface area contributed by atoms with Crippen molar-refractivity contribution >= 4 is 48.1 Å². The summed E-state index contributed by atoms with van der Waals surface area (Å²) in [4.78, 5) is 24.0. The first kappa shape index (κ1) is 16.7. The molecular weight excluding hydrogens is 372 g/mol. The van der Waals surface area contributed by atoms with E-state index in [1.54, 1.807) is 0 Å². The molecule has 0 aliphatic carbocycles. The molecule has 128 valence electrons. The first-order valence-corrected chi connectivity index (χ1v) is 8.88. The lowest BCUT2D eigenvalue weighted by Crippen LogP contribution is -2.12. The minimum Gasteiger partial charge on any atom is -0.258 e. The Labute approximate surface area is 144 Å². The van der Waals surface area contributed by atoms with Gasteiger partial charge in [-0.1, -0.05) is 17.4 Å². The molecule has 0 spiro atoms. The van der Waals surface area contributed by atoms with Crippen LogP contribution in [0.25, 0.3) is 10.2 Å². The van der Waals surface area contributed by atoms with Gasteiger partial charge in [0.15, 0.2) is 5.13 Å². The van der Waals surface area contributed by atoms with Crippen LogP contribution in [-0.2, 0) is 10.0 Å². The number of nitro benzene ring substituents is 2. The Hall–Kier alpha value is -3.12. The van der Waals surface area contributed by atoms with Crippen molar-refractivity contribution in [2.45, 2.75) is 4.90 Å². The van der Waals surface area contributed by atoms with Crippen LogP contribution >= 0.6 is 11.3 Å². The Morgan fingerprint density at radius 3 is 2.36 bits per heavy atom. The van der Waals surface area contributed by atoms with Crippen LogP contribution < -0.4 is 4.72 Å². The lowest BCUT2D eigenvalue weighted by atomic mass is 10.3. The number of sulfonamides is 1. The van der Waals surface area contributed by atoms with E-state index in [-0.39, 0.29) is 21.4 Å². The predicted octanol–water partition coefficient (Wildman–Crippen LogP) is 2.91. The second kappa shape index (κ2) is 6.07. The number of thiazole rings is 1. The highest BCUT2D eigenvalue weighted by Gasteiger charge is 2.20. The number of anilines is 1. The number of nitro groups is 2. The Morgan fingerprint density at radius 2 is 1.68 bits per heavy atom. The van der Waals surface area contributed by atoms with Crippen molar-refractivity contribution in [3.05, 3.63) is 62.7 Å². The molecule has 1 aromatic heterocycles. The van der Waals surface area contributed by atoms with E-state index in [4.69, 9.17) is 0 Å². The Bertz CT molecular complexity index is 1110. The van der Waals surface area contributed by atoms with Crippen LogP contribution in [-0.4, -0.2) is 23.2 Å². The van der Waals surface area contributed by atoms with Crippen molar-refractivity contribution in [1.29, 1.82) is 0 Å². The molecule has 0 unspecified atom stereocenters. The van der Waals surface area contributed by atoms with E-state index in [9.17, 15) is 28.6 Å². The zero-order valence-corrected chi connectivity index (χ0v) is 13.8. The van der Waals surface area contributed by atoms with E-state index in [1.165, 1.54) is 36.4 Å². The van der Waals surface area contributed by atoms with Crippen molar-refractivity contribution in [2.75, 3.05) is 4.72 Å². The maximum Gasteiger partial charge on any atom is 0.270 e. The van der Waals surface area contributed by atoms with Crippen LogP contribution in [0.15, 0.2) is 47.4 Å². The minimum absolute atomic E-state index is 0.00186. The molecule has 3 aromatic rings. The fourth-order valence-corrected chi connectivity index (χ4v) is 4.18. The average molecular weight is 380 g/mol. The van der Waals surface area contributed by atoms with E-state index >= 15 is 0 Å². The number of nitrogens with one attached hydrogen (secondary N) is 1. The molecule has 25 heavy (non-hydrogen) atoms. The third kappa shape index (κ3) is 3.39. The smallest absolute Gasteiger partial charge is 0.258 e. The number of aromatic nitrogens is 1. The standard InChI is InChI=1S/C13H8N4O6S2/c18-16(19)8-2-1-3-10(6-8)25(22,23)15-13-14-11-5-4-9(17(20)21)7-12(11)24-13/h1-7H,(H,14,15). The first-order chi connectivity index (χ1) is 11.8. The van der Waals surface area contributed by atoms with Crippen LogP contribution in [0, 0.1) is 20.2 Å². The number of hydrogen-bond donors (Lipinski definition) is 1. The van der Waals surface area contributed by atoms with Crippen LogP contribution in [0.5, 0.6) is 0 Å². The van der Waals surface area contributed by atoms with Crippen LogP contribution in [0.2, 0.25) is 0 Å². The van der Waals surface area contributed by atoms with Gasteiger partial charge in [0.25, 0.3) is 21.4 Å². The molecule has 1 N–H and O–H groups in total. The number of rotatable bonds is 5. The molecule has 0 amide bonds. The molecule has 0 fully saturated rings. The molecule has 0 bridgehead atoms. The Kier molecular flexibility index (Phi) is 4.06. The van der Waals surface area contributed by atoms with Crippen LogP contribution in [0.3, 0.4) is 0 Å². The van der Waals surface area contributed by atoms with Gasteiger partial charge in [-0.15, -0.1) is 0 Å². The maximum atomic E-state index is 12.4. The topological polar surface area (TPSA) is 145 Å². The van der Waals surface area contributed by atoms with Gasteiger partial charge >= 0.3 is 0 Å². The summed E-state index contributed by atoms with van der Waals surface area (Å²) in [5.74, 6) is 0. The van der Waals surface area contributed by atoms with Gasteiger partial charge in [-0.2, -0.15) is 0 Å². The van der Waals surface area contributed by atoms with E-state index in [1.807, 2.05) is 0 Å². The molecular formula is C13H8N4O6S2. The van der Waals surface area contributed by atoms with Crippen LogP contribution in [0.4, 0.5) is 16.5 Å². The summed E-state index contributed by atoms with van der Waals surface area (Å²) in [6.45, 7) is 0. The molecule has 0 atom stereocenters. The maximum absolute atomic E-state index is 12.4. The summed E-state index contributed by atoms with van der Waals surface area (Å²) in [5, 5.41) is 21.5. The second-order valence-corrected chi connectivity index (χ2v) is 7.50. The molecule has 1 heterocycles. The SMILES string of the molecule is O=[N+]([O-])c1cccc(S(=O)(=O)Nc2nc3ccc([N+](=O)[O-])cc3s2)c1. The average Bonchev–Trinajstić information content (AvgIpc) is 2.95. The highest BCUT2D eigenvalue weighted by atomic mass is 32.2. The molecule has 0 radical (unpaired) electrons. The molecule has 0 saturated carbocycles. The lowest BCUT2D eigenvalue weighted by Gasteiger charge is -2.04. The summed E-state index contributed by atoms with van der Waals surface area (Å²) in [7, 11) is -4.08. The minimum atomic E-state index is -4.08. The van der Waals surface area contributed by atoms with Gasteiger partial charge in [-0.25, -0.2) is 13.4 Å². The fraction of sp³-hybridized carbons (Fsp3) is 0. The van der Waals surface area contributed by atoms with Crippen molar-refractivity contribution < 1.29 is 18.3 Å². The van der Waals surface area contributed by atoms with Gasteiger partial charge < -0.3 is 0 Å². The van der Waals surface area contributed by atoms with Gasteiger partial charge in [-0.05, 0) is 12.1 Å². The zero-order chi connectivity index (χ0) is 18.2. The van der Waals surface area contributed by atoms with E-state index in [0.29, 0.717) is 10.2 Å².